The van der Waals surface area contributed by atoms with Gasteiger partial charge >= 0.3 is 24.3 Å². The molecule has 3 N–H and O–H groups in total. The number of rotatable bonds is 2. The number of carboxylic acid groups (broad SMARTS) is 2. The SMILES string of the molecule is Cc1cn2nc(-c3cc(F)c4cc(N5CCC6(CNC6)C5)nnc4c3)cc(C)c2n1.O=C(O)C(F)(F)F.O=C(O)C(F)(F)F. The van der Waals surface area contributed by atoms with E-state index in [2.05, 4.69) is 30.5 Å². The van der Waals surface area contributed by atoms with Crippen molar-refractivity contribution in [3.8, 4) is 11.3 Å². The second-order valence-electron chi connectivity index (χ2n) is 10.3. The summed E-state index contributed by atoms with van der Waals surface area (Å²) in [7, 11) is 0. The van der Waals surface area contributed by atoms with Gasteiger partial charge in [0.25, 0.3) is 0 Å². The Hall–Kier alpha value is -4.61. The number of imidazole rings is 1. The van der Waals surface area contributed by atoms with E-state index in [-0.39, 0.29) is 5.82 Å². The van der Waals surface area contributed by atoms with Crippen molar-refractivity contribution >= 4 is 34.3 Å². The minimum absolute atomic E-state index is 0.306. The molecule has 0 saturated carbocycles. The number of carbonyl (C=O) groups is 2. The van der Waals surface area contributed by atoms with E-state index < -0.39 is 24.3 Å². The predicted molar refractivity (Wildman–Crippen MR) is 140 cm³/mol. The quantitative estimate of drug-likeness (QED) is 0.276. The molecular formula is C26H24F7N7O4. The molecule has 1 spiro atoms. The first-order valence-electron chi connectivity index (χ1n) is 12.8. The summed E-state index contributed by atoms with van der Waals surface area (Å²) in [6.45, 7) is 7.91. The first kappa shape index (κ1) is 32.3. The van der Waals surface area contributed by atoms with Crippen LogP contribution >= 0.6 is 0 Å². The highest BCUT2D eigenvalue weighted by Crippen LogP contribution is 2.36. The van der Waals surface area contributed by atoms with Crippen molar-refractivity contribution in [3.05, 3.63) is 47.5 Å². The van der Waals surface area contributed by atoms with Crippen molar-refractivity contribution in [2.45, 2.75) is 32.6 Å². The number of aliphatic carboxylic acids is 2. The number of aryl methyl sites for hydroxylation is 2. The van der Waals surface area contributed by atoms with E-state index in [0.717, 1.165) is 55.3 Å². The molecule has 0 unspecified atom stereocenters. The lowest BCUT2D eigenvalue weighted by Gasteiger charge is -2.39. The Bertz CT molecular complexity index is 1700. The Morgan fingerprint density at radius 3 is 2.09 bits per heavy atom. The first-order chi connectivity index (χ1) is 20.4. The van der Waals surface area contributed by atoms with Crippen molar-refractivity contribution in [3.63, 3.8) is 0 Å². The van der Waals surface area contributed by atoms with Gasteiger partial charge in [-0.2, -0.15) is 31.4 Å². The van der Waals surface area contributed by atoms with Gasteiger partial charge in [0.2, 0.25) is 0 Å². The number of anilines is 1. The van der Waals surface area contributed by atoms with Gasteiger partial charge in [-0.3, -0.25) is 0 Å². The number of aromatic nitrogens is 5. The van der Waals surface area contributed by atoms with E-state index >= 15 is 4.39 Å². The third kappa shape index (κ3) is 7.12. The summed E-state index contributed by atoms with van der Waals surface area (Å²) < 4.78 is 80.3. The molecule has 0 aliphatic carbocycles. The van der Waals surface area contributed by atoms with Crippen LogP contribution in [0.1, 0.15) is 17.7 Å². The first-order valence-corrected chi connectivity index (χ1v) is 12.8. The van der Waals surface area contributed by atoms with Crippen LogP contribution in [-0.2, 0) is 9.59 Å². The highest BCUT2D eigenvalue weighted by molar-refractivity contribution is 5.86. The lowest BCUT2D eigenvalue weighted by molar-refractivity contribution is -0.193. The zero-order valence-electron chi connectivity index (χ0n) is 23.0. The van der Waals surface area contributed by atoms with E-state index in [1.165, 1.54) is 6.07 Å². The highest BCUT2D eigenvalue weighted by atomic mass is 19.4. The zero-order valence-corrected chi connectivity index (χ0v) is 23.0. The van der Waals surface area contributed by atoms with Crippen molar-refractivity contribution in [1.82, 2.24) is 30.1 Å². The maximum Gasteiger partial charge on any atom is 0.490 e. The molecule has 2 aliphatic rings. The van der Waals surface area contributed by atoms with Crippen molar-refractivity contribution < 1.29 is 50.5 Å². The fourth-order valence-corrected chi connectivity index (χ4v) is 4.68. The van der Waals surface area contributed by atoms with E-state index in [1.807, 2.05) is 38.2 Å². The smallest absolute Gasteiger partial charge is 0.475 e. The second kappa shape index (κ2) is 11.8. The molecule has 236 valence electrons. The summed E-state index contributed by atoms with van der Waals surface area (Å²) in [4.78, 5) is 24.5. The van der Waals surface area contributed by atoms with Gasteiger partial charge in [0.05, 0.1) is 23.1 Å². The molecule has 44 heavy (non-hydrogen) atoms. The summed E-state index contributed by atoms with van der Waals surface area (Å²) in [5.41, 5.74) is 4.95. The molecule has 2 fully saturated rings. The molecule has 0 amide bonds. The van der Waals surface area contributed by atoms with Gasteiger partial charge in [-0.25, -0.2) is 23.5 Å². The molecule has 0 radical (unpaired) electrons. The van der Waals surface area contributed by atoms with Crippen LogP contribution in [0.2, 0.25) is 0 Å². The lowest BCUT2D eigenvalue weighted by atomic mass is 9.81. The molecule has 11 nitrogen and oxygen atoms in total. The standard InChI is InChI=1S/C22H22FN7.2C2HF3O2/c1-13-5-18(28-30-9-14(2)25-21(13)30)15-6-17(23)16-8-20(27-26-19(16)7-15)29-4-3-22(12-29)10-24-11-22;2*3-2(4,5)1(6)7/h5-9,24H,3-4,10-12H2,1-2H3;2*(H,6,7). The number of nitrogens with zero attached hydrogens (tertiary/aromatic N) is 6. The minimum Gasteiger partial charge on any atom is -0.475 e. The largest absolute Gasteiger partial charge is 0.490 e. The van der Waals surface area contributed by atoms with Gasteiger partial charge in [0.15, 0.2) is 11.5 Å². The molecule has 3 aromatic heterocycles. The molecule has 18 heteroatoms. The van der Waals surface area contributed by atoms with Crippen molar-refractivity contribution in [2.75, 3.05) is 31.1 Å². The van der Waals surface area contributed by atoms with Gasteiger partial charge in [-0.1, -0.05) is 0 Å². The number of nitrogens with one attached hydrogen (secondary N) is 1. The van der Waals surface area contributed by atoms with E-state index in [0.29, 0.717) is 27.6 Å². The summed E-state index contributed by atoms with van der Waals surface area (Å²) in [5.74, 6) is -5.07. The topological polar surface area (TPSA) is 146 Å². The van der Waals surface area contributed by atoms with Gasteiger partial charge in [-0.05, 0) is 50.1 Å². The monoisotopic (exact) mass is 631 g/mol. The van der Waals surface area contributed by atoms with E-state index in [4.69, 9.17) is 19.8 Å². The van der Waals surface area contributed by atoms with Gasteiger partial charge in [0, 0.05) is 42.5 Å². The Morgan fingerprint density at radius 2 is 1.57 bits per heavy atom. The normalized spacial score (nSPS) is 15.8. The molecular weight excluding hydrogens is 607 g/mol. The number of benzene rings is 1. The number of hydrogen-bond donors (Lipinski definition) is 3. The zero-order chi connectivity index (χ0) is 32.6. The number of halogens is 7. The van der Waals surface area contributed by atoms with Gasteiger partial charge in [0.1, 0.15) is 5.82 Å². The van der Waals surface area contributed by atoms with Crippen molar-refractivity contribution in [2.24, 2.45) is 5.41 Å². The molecule has 4 aromatic rings. The summed E-state index contributed by atoms with van der Waals surface area (Å²) in [5, 5.41) is 31.5. The average molecular weight is 632 g/mol. The van der Waals surface area contributed by atoms with Crippen LogP contribution in [0.15, 0.2) is 30.5 Å². The van der Waals surface area contributed by atoms with Crippen LogP contribution in [0.3, 0.4) is 0 Å². The summed E-state index contributed by atoms with van der Waals surface area (Å²) in [6, 6.07) is 7.15. The Kier molecular flexibility index (Phi) is 8.68. The Balaban J connectivity index is 0.000000265. The average Bonchev–Trinajstić information content (AvgIpc) is 3.52. The molecule has 5 heterocycles. The van der Waals surface area contributed by atoms with Crippen LogP contribution < -0.4 is 10.2 Å². The summed E-state index contributed by atoms with van der Waals surface area (Å²) >= 11 is 0. The predicted octanol–water partition coefficient (Wildman–Crippen LogP) is 4.16. The molecule has 6 rings (SSSR count). The Labute approximate surface area is 243 Å². The minimum atomic E-state index is -5.08. The lowest BCUT2D eigenvalue weighted by Crippen LogP contribution is -2.54. The summed E-state index contributed by atoms with van der Waals surface area (Å²) in [6.07, 6.45) is -7.15. The van der Waals surface area contributed by atoms with Crippen LogP contribution in [0.4, 0.5) is 36.6 Å². The van der Waals surface area contributed by atoms with Crippen LogP contribution in [-0.4, -0.2) is 85.5 Å². The molecule has 0 atom stereocenters. The fraction of sp³-hybridized carbons (Fsp3) is 0.385. The molecule has 1 aromatic carbocycles. The van der Waals surface area contributed by atoms with Crippen molar-refractivity contribution in [1.29, 1.82) is 0 Å². The van der Waals surface area contributed by atoms with E-state index in [1.54, 1.807) is 4.52 Å². The molecule has 2 aliphatic heterocycles. The number of alkyl halides is 6. The van der Waals surface area contributed by atoms with Gasteiger partial charge < -0.3 is 20.4 Å². The Morgan fingerprint density at radius 1 is 0.955 bits per heavy atom. The van der Waals surface area contributed by atoms with Crippen LogP contribution in [0.25, 0.3) is 27.8 Å². The van der Waals surface area contributed by atoms with Gasteiger partial charge in [-0.15, -0.1) is 10.2 Å². The maximum atomic E-state index is 15.1. The number of hydrogen-bond acceptors (Lipinski definition) is 8. The van der Waals surface area contributed by atoms with Crippen LogP contribution in [0, 0.1) is 25.1 Å². The fourth-order valence-electron chi connectivity index (χ4n) is 4.68. The third-order valence-corrected chi connectivity index (χ3v) is 6.91. The number of fused-ring (bicyclic) bond motifs is 2. The second-order valence-corrected chi connectivity index (χ2v) is 10.3. The maximum absolute atomic E-state index is 15.1. The van der Waals surface area contributed by atoms with Crippen LogP contribution in [0.5, 0.6) is 0 Å². The number of carboxylic acids is 2. The molecule has 2 saturated heterocycles. The highest BCUT2D eigenvalue weighted by Gasteiger charge is 2.43. The van der Waals surface area contributed by atoms with E-state index in [9.17, 15) is 26.3 Å². The third-order valence-electron chi connectivity index (χ3n) is 6.91. The molecule has 0 bridgehead atoms.